The Bertz CT molecular complexity index is 845. The van der Waals surface area contributed by atoms with Crippen LogP contribution in [0.2, 0.25) is 0 Å². The van der Waals surface area contributed by atoms with Crippen molar-refractivity contribution in [1.82, 2.24) is 9.80 Å². The number of fused-ring (bicyclic) bond motifs is 1. The highest BCUT2D eigenvalue weighted by Gasteiger charge is 2.29. The van der Waals surface area contributed by atoms with Crippen LogP contribution in [-0.2, 0) is 9.59 Å². The molecule has 0 spiro atoms. The van der Waals surface area contributed by atoms with Crippen LogP contribution in [0.4, 0.5) is 5.69 Å². The number of carbonyl (C=O) groups excluding carboxylic acids is 2. The van der Waals surface area contributed by atoms with Gasteiger partial charge < -0.3 is 10.2 Å². The molecule has 2 amide bonds. The monoisotopic (exact) mass is 393 g/mol. The van der Waals surface area contributed by atoms with Crippen LogP contribution in [0.1, 0.15) is 38.5 Å². The van der Waals surface area contributed by atoms with Gasteiger partial charge in [-0.3, -0.25) is 14.5 Å². The van der Waals surface area contributed by atoms with E-state index >= 15 is 0 Å². The molecule has 2 saturated heterocycles. The molecule has 5 heteroatoms. The van der Waals surface area contributed by atoms with Crippen molar-refractivity contribution in [1.29, 1.82) is 0 Å². The van der Waals surface area contributed by atoms with Gasteiger partial charge in [-0.05, 0) is 50.2 Å². The van der Waals surface area contributed by atoms with Gasteiger partial charge in [0.2, 0.25) is 11.8 Å². The fourth-order valence-corrected chi connectivity index (χ4v) is 4.61. The second-order valence-corrected chi connectivity index (χ2v) is 8.36. The van der Waals surface area contributed by atoms with E-state index in [0.29, 0.717) is 12.5 Å². The molecule has 0 aliphatic carbocycles. The van der Waals surface area contributed by atoms with Crippen molar-refractivity contribution in [2.24, 2.45) is 5.92 Å². The fraction of sp³-hybridized carbons (Fsp3) is 0.500. The largest absolute Gasteiger partial charge is 0.342 e. The number of carbonyl (C=O) groups is 2. The third-order valence-electron chi connectivity index (χ3n) is 6.29. The number of amides is 2. The van der Waals surface area contributed by atoms with Crippen LogP contribution in [-0.4, -0.2) is 54.3 Å². The smallest absolute Gasteiger partial charge is 0.238 e. The Balaban J connectivity index is 1.28. The van der Waals surface area contributed by atoms with Crippen LogP contribution in [0.3, 0.4) is 0 Å². The molecule has 2 aromatic rings. The first kappa shape index (κ1) is 19.9. The van der Waals surface area contributed by atoms with Gasteiger partial charge in [0.15, 0.2) is 0 Å². The highest BCUT2D eigenvalue weighted by atomic mass is 16.2. The summed E-state index contributed by atoms with van der Waals surface area (Å²) in [6.07, 6.45) is 6.48. The lowest BCUT2D eigenvalue weighted by atomic mass is 9.95. The number of hydrogen-bond donors (Lipinski definition) is 1. The van der Waals surface area contributed by atoms with Crippen LogP contribution in [0.5, 0.6) is 0 Å². The summed E-state index contributed by atoms with van der Waals surface area (Å²) in [5, 5.41) is 5.25. The summed E-state index contributed by atoms with van der Waals surface area (Å²) in [6.45, 7) is 3.85. The van der Waals surface area contributed by atoms with Gasteiger partial charge in [-0.15, -0.1) is 0 Å². The van der Waals surface area contributed by atoms with Gasteiger partial charge in [0.25, 0.3) is 0 Å². The summed E-state index contributed by atoms with van der Waals surface area (Å²) < 4.78 is 0. The maximum absolute atomic E-state index is 12.8. The van der Waals surface area contributed by atoms with Gasteiger partial charge in [-0.25, -0.2) is 0 Å². The van der Waals surface area contributed by atoms with E-state index in [1.165, 1.54) is 12.8 Å². The Morgan fingerprint density at radius 2 is 1.55 bits per heavy atom. The molecule has 1 N–H and O–H groups in total. The van der Waals surface area contributed by atoms with Crippen molar-refractivity contribution >= 4 is 28.3 Å². The highest BCUT2D eigenvalue weighted by molar-refractivity contribution is 6.02. The van der Waals surface area contributed by atoms with Crippen molar-refractivity contribution in [3.8, 4) is 0 Å². The van der Waals surface area contributed by atoms with E-state index in [4.69, 9.17) is 0 Å². The van der Waals surface area contributed by atoms with Gasteiger partial charge in [0.05, 0.1) is 6.54 Å². The molecule has 154 valence electrons. The molecule has 5 nitrogen and oxygen atoms in total. The van der Waals surface area contributed by atoms with Crippen LogP contribution in [0, 0.1) is 5.92 Å². The standard InChI is InChI=1S/C24H31N3O2/c28-23(25-22-11-7-9-19-8-3-4-10-21(19)22)18-26-16-12-20(13-17-26)24(29)27-14-5-1-2-6-15-27/h3-4,7-11,20H,1-2,5-6,12-18H2,(H,25,28). The maximum Gasteiger partial charge on any atom is 0.238 e. The molecular weight excluding hydrogens is 362 g/mol. The lowest BCUT2D eigenvalue weighted by molar-refractivity contribution is -0.137. The number of rotatable bonds is 4. The van der Waals surface area contributed by atoms with E-state index in [9.17, 15) is 9.59 Å². The number of benzene rings is 2. The van der Waals surface area contributed by atoms with Crippen molar-refractivity contribution in [3.05, 3.63) is 42.5 Å². The van der Waals surface area contributed by atoms with Gasteiger partial charge in [-0.2, -0.15) is 0 Å². The quantitative estimate of drug-likeness (QED) is 0.857. The summed E-state index contributed by atoms with van der Waals surface area (Å²) >= 11 is 0. The predicted molar refractivity (Wildman–Crippen MR) is 117 cm³/mol. The molecule has 2 aliphatic rings. The van der Waals surface area contributed by atoms with E-state index in [2.05, 4.69) is 27.2 Å². The summed E-state index contributed by atoms with van der Waals surface area (Å²) in [7, 11) is 0. The molecule has 0 bridgehead atoms. The van der Waals surface area contributed by atoms with Gasteiger partial charge >= 0.3 is 0 Å². The van der Waals surface area contributed by atoms with E-state index in [1.807, 2.05) is 30.3 Å². The molecule has 29 heavy (non-hydrogen) atoms. The molecule has 0 atom stereocenters. The average Bonchev–Trinajstić information content (AvgIpc) is 3.04. The van der Waals surface area contributed by atoms with Gasteiger partial charge in [0.1, 0.15) is 0 Å². The number of likely N-dealkylation sites (tertiary alicyclic amines) is 2. The van der Waals surface area contributed by atoms with Crippen LogP contribution in [0.25, 0.3) is 10.8 Å². The zero-order valence-electron chi connectivity index (χ0n) is 17.1. The minimum absolute atomic E-state index is 0.0126. The van der Waals surface area contributed by atoms with Crippen LogP contribution < -0.4 is 5.32 Å². The Morgan fingerprint density at radius 1 is 0.862 bits per heavy atom. The summed E-state index contributed by atoms with van der Waals surface area (Å²) in [5.41, 5.74) is 0.860. The lowest BCUT2D eigenvalue weighted by Gasteiger charge is -2.33. The minimum atomic E-state index is 0.0126. The predicted octanol–water partition coefficient (Wildman–Crippen LogP) is 3.89. The Hall–Kier alpha value is -2.40. The Labute approximate surface area is 173 Å². The molecule has 2 aromatic carbocycles. The molecular formula is C24H31N3O2. The maximum atomic E-state index is 12.8. The zero-order chi connectivity index (χ0) is 20.1. The Kier molecular flexibility index (Phi) is 6.45. The first-order valence-electron chi connectivity index (χ1n) is 11.0. The molecule has 0 aromatic heterocycles. The fourth-order valence-electron chi connectivity index (χ4n) is 4.61. The third kappa shape index (κ3) is 4.96. The SMILES string of the molecule is O=C(CN1CCC(C(=O)N2CCCCCC2)CC1)Nc1cccc2ccccc12. The number of nitrogens with one attached hydrogen (secondary N) is 1. The van der Waals surface area contributed by atoms with Crippen LogP contribution >= 0.6 is 0 Å². The van der Waals surface area contributed by atoms with E-state index in [1.54, 1.807) is 0 Å². The third-order valence-corrected chi connectivity index (χ3v) is 6.29. The average molecular weight is 394 g/mol. The number of anilines is 1. The van der Waals surface area contributed by atoms with E-state index in [-0.39, 0.29) is 11.8 Å². The lowest BCUT2D eigenvalue weighted by Crippen LogP contribution is -2.44. The molecule has 0 saturated carbocycles. The molecule has 4 rings (SSSR count). The molecule has 2 aliphatic heterocycles. The summed E-state index contributed by atoms with van der Waals surface area (Å²) in [5.74, 6) is 0.482. The molecule has 0 radical (unpaired) electrons. The van der Waals surface area contributed by atoms with Gasteiger partial charge in [-0.1, -0.05) is 49.2 Å². The minimum Gasteiger partial charge on any atom is -0.342 e. The zero-order valence-corrected chi connectivity index (χ0v) is 17.1. The van der Waals surface area contributed by atoms with Crippen molar-refractivity contribution in [3.63, 3.8) is 0 Å². The first-order valence-corrected chi connectivity index (χ1v) is 11.0. The normalized spacial score (nSPS) is 19.1. The number of nitrogens with zero attached hydrogens (tertiary/aromatic N) is 2. The van der Waals surface area contributed by atoms with E-state index in [0.717, 1.165) is 68.3 Å². The summed E-state index contributed by atoms with van der Waals surface area (Å²) in [6, 6.07) is 14.1. The van der Waals surface area contributed by atoms with Crippen LogP contribution in [0.15, 0.2) is 42.5 Å². The first-order chi connectivity index (χ1) is 14.2. The number of hydrogen-bond acceptors (Lipinski definition) is 3. The Morgan fingerprint density at radius 3 is 2.31 bits per heavy atom. The molecule has 2 heterocycles. The van der Waals surface area contributed by atoms with Crippen molar-refractivity contribution in [2.45, 2.75) is 38.5 Å². The summed E-state index contributed by atoms with van der Waals surface area (Å²) in [4.78, 5) is 29.7. The number of piperidine rings is 1. The van der Waals surface area contributed by atoms with Crippen molar-refractivity contribution in [2.75, 3.05) is 38.0 Å². The second kappa shape index (κ2) is 9.40. The molecule has 0 unspecified atom stereocenters. The molecule has 2 fully saturated rings. The van der Waals surface area contributed by atoms with Crippen molar-refractivity contribution < 1.29 is 9.59 Å². The highest BCUT2D eigenvalue weighted by Crippen LogP contribution is 2.24. The topological polar surface area (TPSA) is 52.7 Å². The van der Waals surface area contributed by atoms with E-state index < -0.39 is 0 Å². The van der Waals surface area contributed by atoms with Gasteiger partial charge in [0, 0.05) is 30.1 Å². The second-order valence-electron chi connectivity index (χ2n) is 8.36.